The van der Waals surface area contributed by atoms with Gasteiger partial charge in [-0.15, -0.1) is 11.3 Å². The second kappa shape index (κ2) is 3.83. The van der Waals surface area contributed by atoms with Gasteiger partial charge in [-0.25, -0.2) is 0 Å². The van der Waals surface area contributed by atoms with E-state index in [4.69, 9.17) is 0 Å². The van der Waals surface area contributed by atoms with E-state index in [0.29, 0.717) is 6.54 Å². The number of hydrogen-bond donors (Lipinski definition) is 0. The summed E-state index contributed by atoms with van der Waals surface area (Å²) in [6, 6.07) is 1.85. The lowest BCUT2D eigenvalue weighted by atomic mass is 9.88. The van der Waals surface area contributed by atoms with Crippen molar-refractivity contribution < 1.29 is 12.9 Å². The maximum atomic E-state index is 12.3. The summed E-state index contributed by atoms with van der Waals surface area (Å²) in [4.78, 5) is 2.77. The number of halogens is 3. The van der Waals surface area contributed by atoms with E-state index in [0.717, 1.165) is 12.0 Å². The van der Waals surface area contributed by atoms with Crippen molar-refractivity contribution >= 4 is 18.3 Å². The fraction of sp³-hybridized carbons (Fsp3) is 0.556. The summed E-state index contributed by atoms with van der Waals surface area (Å²) in [5.41, 5.74) is 1.08. The molecule has 2 rings (SSSR count). The van der Waals surface area contributed by atoms with Crippen LogP contribution in [0.15, 0.2) is 11.4 Å². The number of rotatable bonds is 2. The highest BCUT2D eigenvalue weighted by Crippen LogP contribution is 2.33. The lowest BCUT2D eigenvalue weighted by molar-refractivity contribution is 0.210. The molecule has 0 aromatic carbocycles. The SMILES string of the molecule is CC1c2ccsc2CCN1C[B-](F)(F)F. The fourth-order valence-corrected chi connectivity index (χ4v) is 3.04. The Morgan fingerprint density at radius 3 is 2.93 bits per heavy atom. The maximum Gasteiger partial charge on any atom is 0.492 e. The largest absolute Gasteiger partial charge is 0.492 e. The molecule has 1 aromatic heterocycles. The third-order valence-corrected chi connectivity index (χ3v) is 3.84. The fourth-order valence-electron chi connectivity index (χ4n) is 2.08. The zero-order valence-corrected chi connectivity index (χ0v) is 9.24. The van der Waals surface area contributed by atoms with Gasteiger partial charge in [-0.2, -0.15) is 0 Å². The molecule has 0 saturated carbocycles. The Morgan fingerprint density at radius 1 is 1.53 bits per heavy atom. The standard InChI is InChI=1S/C9H12BF3NS/c1-7-8-3-5-15-9(8)2-4-14(7)6-10(11,12)13/h3,5,7H,2,4,6H2,1H3/q-1. The first-order valence-corrected chi connectivity index (χ1v) is 5.86. The molecule has 1 aliphatic heterocycles. The first-order valence-electron chi connectivity index (χ1n) is 4.98. The van der Waals surface area contributed by atoms with Crippen LogP contribution in [0, 0.1) is 0 Å². The molecule has 1 unspecified atom stereocenters. The molecule has 0 radical (unpaired) electrons. The lowest BCUT2D eigenvalue weighted by Crippen LogP contribution is -2.42. The first-order chi connectivity index (χ1) is 6.97. The lowest BCUT2D eigenvalue weighted by Gasteiger charge is -2.36. The molecule has 15 heavy (non-hydrogen) atoms. The molecule has 0 saturated heterocycles. The van der Waals surface area contributed by atoms with Gasteiger partial charge in [-0.3, -0.25) is 0 Å². The monoisotopic (exact) mass is 234 g/mol. The van der Waals surface area contributed by atoms with Gasteiger partial charge in [0.25, 0.3) is 0 Å². The minimum atomic E-state index is -4.71. The smallest absolute Gasteiger partial charge is 0.448 e. The average molecular weight is 234 g/mol. The summed E-state index contributed by atoms with van der Waals surface area (Å²) in [5.74, 6) is 0. The predicted octanol–water partition coefficient (Wildman–Crippen LogP) is 3.05. The molecule has 1 atom stereocenters. The third kappa shape index (κ3) is 2.37. The van der Waals surface area contributed by atoms with Crippen molar-refractivity contribution in [2.75, 3.05) is 13.0 Å². The zero-order chi connectivity index (χ0) is 11.1. The minimum Gasteiger partial charge on any atom is -0.448 e. The number of hydrogen-bond acceptors (Lipinski definition) is 2. The number of nitrogens with zero attached hydrogens (tertiary/aromatic N) is 1. The summed E-state index contributed by atoms with van der Waals surface area (Å²) in [6.07, 6.45) is 0.0138. The second-order valence-corrected chi connectivity index (χ2v) is 4.93. The van der Waals surface area contributed by atoms with E-state index in [-0.39, 0.29) is 6.04 Å². The van der Waals surface area contributed by atoms with Gasteiger partial charge in [0.15, 0.2) is 0 Å². The molecule has 0 N–H and O–H groups in total. The summed E-state index contributed by atoms with van der Waals surface area (Å²) in [6.45, 7) is -2.33. The van der Waals surface area contributed by atoms with Crippen molar-refractivity contribution in [2.24, 2.45) is 0 Å². The van der Waals surface area contributed by atoms with E-state index in [1.54, 1.807) is 11.3 Å². The summed E-state index contributed by atoms with van der Waals surface area (Å²) in [5, 5.41) is 1.96. The van der Waals surface area contributed by atoms with Gasteiger partial charge in [0.05, 0.1) is 0 Å². The number of fused-ring (bicyclic) bond motifs is 1. The molecular formula is C9H12BF3NS-. The van der Waals surface area contributed by atoms with Crippen LogP contribution in [0.3, 0.4) is 0 Å². The van der Waals surface area contributed by atoms with Crippen LogP contribution in [0.5, 0.6) is 0 Å². The van der Waals surface area contributed by atoms with Gasteiger partial charge < -0.3 is 17.8 Å². The third-order valence-electron chi connectivity index (χ3n) is 2.85. The van der Waals surface area contributed by atoms with Crippen molar-refractivity contribution in [3.05, 3.63) is 21.9 Å². The van der Waals surface area contributed by atoms with Gasteiger partial charge in [0.2, 0.25) is 0 Å². The quantitative estimate of drug-likeness (QED) is 0.711. The van der Waals surface area contributed by atoms with E-state index >= 15 is 0 Å². The van der Waals surface area contributed by atoms with Crippen molar-refractivity contribution in [1.29, 1.82) is 0 Å². The van der Waals surface area contributed by atoms with Gasteiger partial charge in [-0.1, -0.05) is 0 Å². The minimum absolute atomic E-state index is 0.0940. The van der Waals surface area contributed by atoms with E-state index in [2.05, 4.69) is 0 Å². The summed E-state index contributed by atoms with van der Waals surface area (Å²) >= 11 is 1.65. The van der Waals surface area contributed by atoms with E-state index < -0.39 is 13.4 Å². The molecule has 0 bridgehead atoms. The van der Waals surface area contributed by atoms with Crippen molar-refractivity contribution in [2.45, 2.75) is 19.4 Å². The molecule has 84 valence electrons. The van der Waals surface area contributed by atoms with Crippen LogP contribution in [0.4, 0.5) is 12.9 Å². The Labute approximate surface area is 91.0 Å². The van der Waals surface area contributed by atoms with Crippen LogP contribution < -0.4 is 0 Å². The van der Waals surface area contributed by atoms with Crippen molar-refractivity contribution in [1.82, 2.24) is 4.90 Å². The van der Waals surface area contributed by atoms with Crippen LogP contribution in [-0.2, 0) is 6.42 Å². The van der Waals surface area contributed by atoms with Crippen LogP contribution in [0.25, 0.3) is 0 Å². The molecule has 1 aliphatic rings. The Balaban J connectivity index is 2.13. The second-order valence-electron chi connectivity index (χ2n) is 3.93. The Hall–Kier alpha value is -0.485. The molecule has 2 heterocycles. The van der Waals surface area contributed by atoms with Crippen LogP contribution in [0.1, 0.15) is 23.4 Å². The first kappa shape index (κ1) is 11.0. The predicted molar refractivity (Wildman–Crippen MR) is 57.1 cm³/mol. The summed E-state index contributed by atoms with van der Waals surface area (Å²) < 4.78 is 37.0. The van der Waals surface area contributed by atoms with Crippen LogP contribution >= 0.6 is 11.3 Å². The summed E-state index contributed by atoms with van der Waals surface area (Å²) in [7, 11) is 0. The Bertz CT molecular complexity index is 349. The molecular weight excluding hydrogens is 222 g/mol. The highest BCUT2D eigenvalue weighted by molar-refractivity contribution is 7.10. The van der Waals surface area contributed by atoms with E-state index in [1.807, 2.05) is 18.4 Å². The van der Waals surface area contributed by atoms with Gasteiger partial charge in [0, 0.05) is 17.5 Å². The Morgan fingerprint density at radius 2 is 2.27 bits per heavy atom. The average Bonchev–Trinajstić information content (AvgIpc) is 2.56. The molecule has 6 heteroatoms. The van der Waals surface area contributed by atoms with Crippen molar-refractivity contribution in [3.63, 3.8) is 0 Å². The van der Waals surface area contributed by atoms with Gasteiger partial charge in [-0.05, 0) is 36.8 Å². The maximum absolute atomic E-state index is 12.3. The van der Waals surface area contributed by atoms with E-state index in [1.165, 1.54) is 9.78 Å². The molecule has 1 nitrogen and oxygen atoms in total. The zero-order valence-electron chi connectivity index (χ0n) is 8.42. The molecule has 0 amide bonds. The van der Waals surface area contributed by atoms with E-state index in [9.17, 15) is 12.9 Å². The molecule has 0 aliphatic carbocycles. The number of thiophene rings is 1. The van der Waals surface area contributed by atoms with Crippen LogP contribution in [0.2, 0.25) is 0 Å². The van der Waals surface area contributed by atoms with Crippen molar-refractivity contribution in [3.8, 4) is 0 Å². The van der Waals surface area contributed by atoms with Gasteiger partial charge in [0.1, 0.15) is 0 Å². The topological polar surface area (TPSA) is 3.24 Å². The highest BCUT2D eigenvalue weighted by atomic mass is 32.1. The molecule has 1 aromatic rings. The van der Waals surface area contributed by atoms with Gasteiger partial charge >= 0.3 is 6.98 Å². The highest BCUT2D eigenvalue weighted by Gasteiger charge is 2.32. The van der Waals surface area contributed by atoms with Crippen LogP contribution in [-0.4, -0.2) is 24.9 Å². The molecule has 0 fully saturated rings. The Kier molecular flexibility index (Phi) is 2.81. The normalized spacial score (nSPS) is 22.8. The molecule has 0 spiro atoms.